The van der Waals surface area contributed by atoms with Gasteiger partial charge in [0, 0.05) is 18.2 Å². The molecule has 1 unspecified atom stereocenters. The van der Waals surface area contributed by atoms with E-state index in [0.29, 0.717) is 22.4 Å². The monoisotopic (exact) mass is 386 g/mol. The van der Waals surface area contributed by atoms with Gasteiger partial charge in [0.2, 0.25) is 0 Å². The van der Waals surface area contributed by atoms with Crippen molar-refractivity contribution in [1.82, 2.24) is 14.4 Å². The molecule has 0 aliphatic rings. The summed E-state index contributed by atoms with van der Waals surface area (Å²) >= 11 is 0. The van der Waals surface area contributed by atoms with Gasteiger partial charge in [-0.25, -0.2) is 18.7 Å². The highest BCUT2D eigenvalue weighted by molar-refractivity contribution is 5.72. The first-order valence-electron chi connectivity index (χ1n) is 7.85. The molecule has 0 saturated heterocycles. The van der Waals surface area contributed by atoms with Crippen molar-refractivity contribution in [2.75, 3.05) is 5.73 Å². The zero-order chi connectivity index (χ0) is 19.9. The lowest BCUT2D eigenvalue weighted by Gasteiger charge is -2.13. The van der Waals surface area contributed by atoms with Crippen molar-refractivity contribution in [2.45, 2.75) is 32.1 Å². The predicted molar refractivity (Wildman–Crippen MR) is 88.3 cm³/mol. The lowest BCUT2D eigenvalue weighted by atomic mass is 9.99. The number of halogens is 5. The Morgan fingerprint density at radius 3 is 2.59 bits per heavy atom. The van der Waals surface area contributed by atoms with E-state index in [4.69, 9.17) is 5.73 Å². The number of anilines is 1. The number of aliphatic hydroxyl groups is 1. The third-order valence-corrected chi connectivity index (χ3v) is 4.12. The highest BCUT2D eigenvalue weighted by Crippen LogP contribution is 2.32. The van der Waals surface area contributed by atoms with Gasteiger partial charge in [-0.05, 0) is 24.1 Å². The highest BCUT2D eigenvalue weighted by atomic mass is 19.4. The van der Waals surface area contributed by atoms with Crippen LogP contribution in [0.3, 0.4) is 0 Å². The number of aryl methyl sites for hydroxylation is 1. The van der Waals surface area contributed by atoms with Crippen LogP contribution in [-0.4, -0.2) is 32.0 Å². The Morgan fingerprint density at radius 1 is 1.26 bits per heavy atom. The topological polar surface area (TPSA) is 76.4 Å². The third-order valence-electron chi connectivity index (χ3n) is 4.12. The molecule has 5 nitrogen and oxygen atoms in total. The number of alkyl halides is 5. The minimum Gasteiger partial charge on any atom is -0.387 e. The number of rotatable bonds is 4. The van der Waals surface area contributed by atoms with E-state index in [1.54, 1.807) is 19.1 Å². The van der Waals surface area contributed by atoms with Crippen LogP contribution >= 0.6 is 0 Å². The molecule has 3 rings (SSSR count). The molecule has 0 amide bonds. The van der Waals surface area contributed by atoms with E-state index in [9.17, 15) is 27.1 Å². The quantitative estimate of drug-likeness (QED) is 0.674. The van der Waals surface area contributed by atoms with Gasteiger partial charge in [0.15, 0.2) is 17.2 Å². The zero-order valence-electron chi connectivity index (χ0n) is 14.0. The lowest BCUT2D eigenvalue weighted by molar-refractivity contribution is -0.141. The van der Waals surface area contributed by atoms with Crippen LogP contribution in [0.5, 0.6) is 0 Å². The maximum Gasteiger partial charge on any atom is 0.434 e. The number of aromatic nitrogens is 3. The molecule has 1 atom stereocenters. The smallest absolute Gasteiger partial charge is 0.387 e. The van der Waals surface area contributed by atoms with E-state index in [-0.39, 0.29) is 17.9 Å². The Morgan fingerprint density at radius 2 is 1.96 bits per heavy atom. The second-order valence-electron chi connectivity index (χ2n) is 6.10. The van der Waals surface area contributed by atoms with Gasteiger partial charge in [0.05, 0.1) is 11.9 Å². The maximum atomic E-state index is 13.0. The predicted octanol–water partition coefficient (Wildman–Crippen LogP) is 3.47. The molecule has 10 heteroatoms. The van der Waals surface area contributed by atoms with Crippen molar-refractivity contribution in [3.63, 3.8) is 0 Å². The van der Waals surface area contributed by atoms with Crippen molar-refractivity contribution < 1.29 is 27.1 Å². The lowest BCUT2D eigenvalue weighted by Crippen LogP contribution is -2.20. The first-order chi connectivity index (χ1) is 12.6. The van der Waals surface area contributed by atoms with Crippen molar-refractivity contribution in [3.05, 3.63) is 47.4 Å². The standard InChI is InChI=1S/C17H15F5N4O/c1-8-2-3-9(5-12(27)14(18)19)4-10(8)11-6-24-16-15(23)25-13(7-26(11)16)17(20,21)22/h2-4,6-7,12,14,27H,5H2,1H3,(H2,23,25). The van der Waals surface area contributed by atoms with Crippen LogP contribution in [0.2, 0.25) is 0 Å². The molecular formula is C17H15F5N4O. The summed E-state index contributed by atoms with van der Waals surface area (Å²) in [5, 5.41) is 9.39. The summed E-state index contributed by atoms with van der Waals surface area (Å²) in [6.07, 6.45) is -7.59. The van der Waals surface area contributed by atoms with Crippen LogP contribution in [-0.2, 0) is 12.6 Å². The van der Waals surface area contributed by atoms with E-state index >= 15 is 0 Å². The number of aliphatic hydroxyl groups excluding tert-OH is 1. The normalized spacial score (nSPS) is 13.5. The molecule has 0 aliphatic carbocycles. The van der Waals surface area contributed by atoms with Crippen LogP contribution in [0.25, 0.3) is 16.9 Å². The van der Waals surface area contributed by atoms with Crippen LogP contribution < -0.4 is 5.73 Å². The van der Waals surface area contributed by atoms with E-state index in [1.807, 2.05) is 0 Å². The van der Waals surface area contributed by atoms with Crippen molar-refractivity contribution in [2.24, 2.45) is 0 Å². The molecule has 1 aromatic carbocycles. The molecule has 3 N–H and O–H groups in total. The number of hydrogen-bond donors (Lipinski definition) is 2. The molecule has 27 heavy (non-hydrogen) atoms. The summed E-state index contributed by atoms with van der Waals surface area (Å²) in [6.45, 7) is 1.72. The minimum atomic E-state index is -4.69. The summed E-state index contributed by atoms with van der Waals surface area (Å²) in [5.74, 6) is -0.377. The first-order valence-corrected chi connectivity index (χ1v) is 7.85. The maximum absolute atomic E-state index is 13.0. The van der Waals surface area contributed by atoms with Gasteiger partial charge in [0.1, 0.15) is 6.10 Å². The van der Waals surface area contributed by atoms with Crippen molar-refractivity contribution in [3.8, 4) is 11.3 Å². The van der Waals surface area contributed by atoms with Gasteiger partial charge in [-0.3, -0.25) is 4.40 Å². The summed E-state index contributed by atoms with van der Waals surface area (Å²) in [5.41, 5.74) is 6.37. The van der Waals surface area contributed by atoms with E-state index in [0.717, 1.165) is 6.20 Å². The number of benzene rings is 1. The molecule has 0 radical (unpaired) electrons. The molecule has 144 valence electrons. The molecule has 0 fully saturated rings. The van der Waals surface area contributed by atoms with E-state index in [2.05, 4.69) is 9.97 Å². The van der Waals surface area contributed by atoms with E-state index < -0.39 is 24.4 Å². The van der Waals surface area contributed by atoms with Crippen LogP contribution in [0.4, 0.5) is 27.8 Å². The summed E-state index contributed by atoms with van der Waals surface area (Å²) in [4.78, 5) is 7.35. The number of nitrogens with zero attached hydrogens (tertiary/aromatic N) is 3. The second kappa shape index (κ2) is 6.76. The van der Waals surface area contributed by atoms with Crippen LogP contribution in [0.15, 0.2) is 30.6 Å². The fraction of sp³-hybridized carbons (Fsp3) is 0.294. The Balaban J connectivity index is 2.13. The minimum absolute atomic E-state index is 0.0513. The Hall–Kier alpha value is -2.75. The summed E-state index contributed by atoms with van der Waals surface area (Å²) in [7, 11) is 0. The number of imidazole rings is 1. The van der Waals surface area contributed by atoms with Gasteiger partial charge in [-0.1, -0.05) is 12.1 Å². The molecule has 0 bridgehead atoms. The van der Waals surface area contributed by atoms with Gasteiger partial charge < -0.3 is 10.8 Å². The largest absolute Gasteiger partial charge is 0.434 e. The van der Waals surface area contributed by atoms with Gasteiger partial charge >= 0.3 is 6.18 Å². The highest BCUT2D eigenvalue weighted by Gasteiger charge is 2.34. The van der Waals surface area contributed by atoms with Crippen molar-refractivity contribution in [1.29, 1.82) is 0 Å². The summed E-state index contributed by atoms with van der Waals surface area (Å²) in [6, 6.07) is 4.75. The first kappa shape index (κ1) is 19.0. The second-order valence-corrected chi connectivity index (χ2v) is 6.10. The number of fused-ring (bicyclic) bond motifs is 1. The average Bonchev–Trinajstić information content (AvgIpc) is 3.00. The fourth-order valence-corrected chi connectivity index (χ4v) is 2.75. The Kier molecular flexibility index (Phi) is 4.77. The molecule has 3 aromatic rings. The Bertz CT molecular complexity index is 983. The molecule has 0 aliphatic heterocycles. The average molecular weight is 386 g/mol. The zero-order valence-corrected chi connectivity index (χ0v) is 14.0. The van der Waals surface area contributed by atoms with Crippen LogP contribution in [0, 0.1) is 6.92 Å². The molecule has 2 heterocycles. The number of nitrogens with two attached hydrogens (primary N) is 1. The molecular weight excluding hydrogens is 371 g/mol. The van der Waals surface area contributed by atoms with Gasteiger partial charge in [-0.2, -0.15) is 13.2 Å². The third kappa shape index (κ3) is 3.70. The molecule has 0 spiro atoms. The SMILES string of the molecule is Cc1ccc(CC(O)C(F)F)cc1-c1cnc2c(N)nc(C(F)(F)F)cn12. The number of hydrogen-bond acceptors (Lipinski definition) is 4. The molecule has 0 saturated carbocycles. The van der Waals surface area contributed by atoms with Gasteiger partial charge in [0.25, 0.3) is 6.43 Å². The van der Waals surface area contributed by atoms with Crippen molar-refractivity contribution >= 4 is 11.5 Å². The Labute approximate surface area is 150 Å². The summed E-state index contributed by atoms with van der Waals surface area (Å²) < 4.78 is 65.5. The van der Waals surface area contributed by atoms with Crippen LogP contribution in [0.1, 0.15) is 16.8 Å². The number of nitrogen functional groups attached to an aromatic ring is 1. The fourth-order valence-electron chi connectivity index (χ4n) is 2.75. The van der Waals surface area contributed by atoms with E-state index in [1.165, 1.54) is 16.7 Å². The molecule has 2 aromatic heterocycles. The van der Waals surface area contributed by atoms with Gasteiger partial charge in [-0.15, -0.1) is 0 Å².